The number of rotatable bonds is 8. The summed E-state index contributed by atoms with van der Waals surface area (Å²) in [5.41, 5.74) is 1.68. The van der Waals surface area contributed by atoms with Crippen molar-refractivity contribution in [3.05, 3.63) is 34.4 Å². The highest BCUT2D eigenvalue weighted by molar-refractivity contribution is 5.84. The first-order valence-electron chi connectivity index (χ1n) is 8.72. The molecule has 0 atom stereocenters. The third-order valence-corrected chi connectivity index (χ3v) is 4.08. The Bertz CT molecular complexity index is 974. The van der Waals surface area contributed by atoms with E-state index in [0.717, 1.165) is 0 Å². The monoisotopic (exact) mass is 387 g/mol. The predicted molar refractivity (Wildman–Crippen MR) is 104 cm³/mol. The molecule has 28 heavy (non-hydrogen) atoms. The third-order valence-electron chi connectivity index (χ3n) is 4.08. The average Bonchev–Trinajstić information content (AvgIpc) is 3.10. The smallest absolute Gasteiger partial charge is 0.315 e. The van der Waals surface area contributed by atoms with Crippen LogP contribution in [-0.4, -0.2) is 42.3 Å². The zero-order valence-electron chi connectivity index (χ0n) is 16.1. The van der Waals surface area contributed by atoms with E-state index in [1.807, 2.05) is 0 Å². The first-order valence-corrected chi connectivity index (χ1v) is 8.72. The number of aromatic amines is 1. The quantitative estimate of drug-likeness (QED) is 0.460. The van der Waals surface area contributed by atoms with Crippen LogP contribution >= 0.6 is 0 Å². The number of nitrogens with one attached hydrogen (secondary N) is 1. The summed E-state index contributed by atoms with van der Waals surface area (Å²) < 4.78 is 21.6. The van der Waals surface area contributed by atoms with Gasteiger partial charge in [-0.15, -0.1) is 0 Å². The van der Waals surface area contributed by atoms with Crippen molar-refractivity contribution in [2.24, 2.45) is 0 Å². The van der Waals surface area contributed by atoms with Crippen LogP contribution in [0.3, 0.4) is 0 Å². The number of nitro benzene ring substituents is 1. The molecule has 1 N–H and O–H groups in total. The zero-order valence-corrected chi connectivity index (χ0v) is 16.1. The molecule has 0 unspecified atom stereocenters. The summed E-state index contributed by atoms with van der Waals surface area (Å²) in [6, 6.07) is 6.59. The van der Waals surface area contributed by atoms with E-state index in [0.29, 0.717) is 46.3 Å². The Morgan fingerprint density at radius 1 is 1.00 bits per heavy atom. The summed E-state index contributed by atoms with van der Waals surface area (Å²) in [4.78, 5) is 18.8. The maximum absolute atomic E-state index is 11.6. The van der Waals surface area contributed by atoms with Crippen molar-refractivity contribution in [1.82, 2.24) is 9.97 Å². The molecule has 0 aliphatic heterocycles. The number of hydrogen-bond acceptors (Lipinski definition) is 7. The Morgan fingerprint density at radius 3 is 2.29 bits per heavy atom. The van der Waals surface area contributed by atoms with Crippen LogP contribution in [0.4, 0.5) is 5.69 Å². The van der Waals surface area contributed by atoms with E-state index in [-0.39, 0.29) is 18.0 Å². The van der Waals surface area contributed by atoms with E-state index < -0.39 is 4.92 Å². The summed E-state index contributed by atoms with van der Waals surface area (Å²) in [6.07, 6.45) is 0. The molecule has 1 heterocycles. The Kier molecular flexibility index (Phi) is 5.53. The Hall–Kier alpha value is -3.49. The standard InChI is InChI=1S/C19H21N3O6/c1-5-27-17-8-11(7-14(22(23)24)18(17)28-6-2)19-20-12-9-15(25-3)16(26-4)10-13(12)21-19/h7-10H,5-6H2,1-4H3,(H,20,21). The average molecular weight is 387 g/mol. The van der Waals surface area contributed by atoms with E-state index >= 15 is 0 Å². The fraction of sp³-hybridized carbons (Fsp3) is 0.316. The lowest BCUT2D eigenvalue weighted by Crippen LogP contribution is -2.03. The summed E-state index contributed by atoms with van der Waals surface area (Å²) >= 11 is 0. The highest BCUT2D eigenvalue weighted by Gasteiger charge is 2.24. The van der Waals surface area contributed by atoms with E-state index in [1.165, 1.54) is 6.07 Å². The number of benzene rings is 2. The number of methoxy groups -OCH3 is 2. The Labute approximate surface area is 161 Å². The van der Waals surface area contributed by atoms with Gasteiger partial charge in [-0.3, -0.25) is 10.1 Å². The van der Waals surface area contributed by atoms with Gasteiger partial charge >= 0.3 is 5.69 Å². The molecule has 0 bridgehead atoms. The number of nitro groups is 1. The van der Waals surface area contributed by atoms with Gasteiger partial charge in [0.25, 0.3) is 0 Å². The molecule has 3 rings (SSSR count). The lowest BCUT2D eigenvalue weighted by molar-refractivity contribution is -0.385. The van der Waals surface area contributed by atoms with Crippen molar-refractivity contribution < 1.29 is 23.9 Å². The molecule has 148 valence electrons. The highest BCUT2D eigenvalue weighted by atomic mass is 16.6. The van der Waals surface area contributed by atoms with E-state index in [1.54, 1.807) is 46.3 Å². The van der Waals surface area contributed by atoms with E-state index in [2.05, 4.69) is 9.97 Å². The van der Waals surface area contributed by atoms with Gasteiger partial charge in [0.2, 0.25) is 5.75 Å². The van der Waals surface area contributed by atoms with Crippen LogP contribution in [0.5, 0.6) is 23.0 Å². The lowest BCUT2D eigenvalue weighted by Gasteiger charge is -2.12. The molecule has 0 saturated heterocycles. The van der Waals surface area contributed by atoms with Crippen LogP contribution in [0, 0.1) is 10.1 Å². The summed E-state index contributed by atoms with van der Waals surface area (Å²) in [5, 5.41) is 11.6. The van der Waals surface area contributed by atoms with Crippen molar-refractivity contribution in [2.45, 2.75) is 13.8 Å². The third kappa shape index (κ3) is 3.51. The number of aromatic nitrogens is 2. The maximum Gasteiger partial charge on any atom is 0.315 e. The van der Waals surface area contributed by atoms with E-state index in [4.69, 9.17) is 18.9 Å². The molecule has 0 fully saturated rings. The highest BCUT2D eigenvalue weighted by Crippen LogP contribution is 2.41. The first kappa shape index (κ1) is 19.3. The van der Waals surface area contributed by atoms with Gasteiger partial charge in [-0.1, -0.05) is 0 Å². The molecule has 9 nitrogen and oxygen atoms in total. The molecule has 0 aliphatic carbocycles. The van der Waals surface area contributed by atoms with Crippen LogP contribution in [0.15, 0.2) is 24.3 Å². The van der Waals surface area contributed by atoms with Crippen LogP contribution < -0.4 is 18.9 Å². The Morgan fingerprint density at radius 2 is 1.68 bits per heavy atom. The van der Waals surface area contributed by atoms with Crippen molar-refractivity contribution in [2.75, 3.05) is 27.4 Å². The maximum atomic E-state index is 11.6. The summed E-state index contributed by atoms with van der Waals surface area (Å²) in [5.74, 6) is 1.96. The molecule has 9 heteroatoms. The molecule has 0 radical (unpaired) electrons. The minimum absolute atomic E-state index is 0.109. The molecule has 0 amide bonds. The molecule has 3 aromatic rings. The van der Waals surface area contributed by atoms with Gasteiger partial charge in [-0.25, -0.2) is 4.98 Å². The minimum Gasteiger partial charge on any atom is -0.493 e. The van der Waals surface area contributed by atoms with Crippen LogP contribution in [0.25, 0.3) is 22.4 Å². The predicted octanol–water partition coefficient (Wildman–Crippen LogP) is 3.95. The molecule has 2 aromatic carbocycles. The second-order valence-electron chi connectivity index (χ2n) is 5.76. The SMILES string of the molecule is CCOc1cc(-c2nc3cc(OC)c(OC)cc3[nH]2)cc([N+](=O)[O-])c1OCC. The van der Waals surface area contributed by atoms with Gasteiger partial charge in [-0.2, -0.15) is 0 Å². The first-order chi connectivity index (χ1) is 13.5. The van der Waals surface area contributed by atoms with Crippen LogP contribution in [0.1, 0.15) is 13.8 Å². The van der Waals surface area contributed by atoms with Gasteiger partial charge in [0.05, 0.1) is 43.4 Å². The van der Waals surface area contributed by atoms with Gasteiger partial charge in [0.1, 0.15) is 5.82 Å². The van der Waals surface area contributed by atoms with Gasteiger partial charge in [-0.05, 0) is 19.9 Å². The number of H-pyrrole nitrogens is 1. The number of nitrogens with zero attached hydrogens (tertiary/aromatic N) is 2. The molecular formula is C19H21N3O6. The molecular weight excluding hydrogens is 366 g/mol. The topological polar surface area (TPSA) is 109 Å². The van der Waals surface area contributed by atoms with Crippen molar-refractivity contribution >= 4 is 16.7 Å². The fourth-order valence-corrected chi connectivity index (χ4v) is 2.89. The molecule has 0 saturated carbocycles. The summed E-state index contributed by atoms with van der Waals surface area (Å²) in [6.45, 7) is 4.18. The Balaban J connectivity index is 2.18. The van der Waals surface area contributed by atoms with Crippen molar-refractivity contribution in [1.29, 1.82) is 0 Å². The van der Waals surface area contributed by atoms with Crippen LogP contribution in [-0.2, 0) is 0 Å². The zero-order chi connectivity index (χ0) is 20.3. The molecule has 0 spiro atoms. The van der Waals surface area contributed by atoms with Crippen molar-refractivity contribution in [3.63, 3.8) is 0 Å². The number of fused-ring (bicyclic) bond motifs is 1. The van der Waals surface area contributed by atoms with Gasteiger partial charge in [0, 0.05) is 23.8 Å². The van der Waals surface area contributed by atoms with Crippen molar-refractivity contribution in [3.8, 4) is 34.4 Å². The largest absolute Gasteiger partial charge is 0.493 e. The second-order valence-corrected chi connectivity index (χ2v) is 5.76. The van der Waals surface area contributed by atoms with Gasteiger partial charge in [0.15, 0.2) is 17.2 Å². The van der Waals surface area contributed by atoms with Crippen LogP contribution in [0.2, 0.25) is 0 Å². The minimum atomic E-state index is -0.494. The summed E-state index contributed by atoms with van der Waals surface area (Å²) in [7, 11) is 3.09. The lowest BCUT2D eigenvalue weighted by atomic mass is 10.1. The second kappa shape index (κ2) is 8.03. The molecule has 0 aliphatic rings. The number of imidazole rings is 1. The number of hydrogen-bond donors (Lipinski definition) is 1. The van der Waals surface area contributed by atoms with Gasteiger partial charge < -0.3 is 23.9 Å². The van der Waals surface area contributed by atoms with E-state index in [9.17, 15) is 10.1 Å². The fourth-order valence-electron chi connectivity index (χ4n) is 2.89. The normalized spacial score (nSPS) is 10.7. The molecule has 1 aromatic heterocycles. The number of ether oxygens (including phenoxy) is 4.